The number of fused-ring (bicyclic) bond motifs is 16. The molecule has 0 spiro atoms. The molecular weight excluding hydrogens is 1780 g/mol. The van der Waals surface area contributed by atoms with E-state index < -0.39 is 0 Å². The van der Waals surface area contributed by atoms with Gasteiger partial charge in [0.25, 0.3) is 0 Å². The highest BCUT2D eigenvalue weighted by atomic mass is 16.3. The molecule has 3 heteroatoms. The summed E-state index contributed by atoms with van der Waals surface area (Å²) in [4.78, 5) is 0. The molecule has 0 aliphatic carbocycles. The van der Waals surface area contributed by atoms with Crippen molar-refractivity contribution in [3.8, 4) is 145 Å². The minimum atomic E-state index is 0.913. The summed E-state index contributed by atoms with van der Waals surface area (Å²) in [6.07, 6.45) is 0. The van der Waals surface area contributed by atoms with Crippen molar-refractivity contribution in [2.45, 2.75) is 13.8 Å². The number of rotatable bonds is 13. The zero-order chi connectivity index (χ0) is 97.5. The first-order valence-corrected chi connectivity index (χ1v) is 50.6. The van der Waals surface area contributed by atoms with Crippen molar-refractivity contribution >= 4 is 141 Å². The predicted octanol–water partition coefficient (Wildman–Crippen LogP) is 41.1. The maximum atomic E-state index is 6.13. The molecule has 0 fully saturated rings. The van der Waals surface area contributed by atoms with Crippen LogP contribution in [0.25, 0.3) is 286 Å². The fourth-order valence-electron chi connectivity index (χ4n) is 22.8. The normalized spacial score (nSPS) is 11.6. The van der Waals surface area contributed by atoms with E-state index in [0.717, 1.165) is 65.8 Å². The molecule has 26 aromatic carbocycles. The molecule has 3 aromatic heterocycles. The molecule has 29 rings (SSSR count). The van der Waals surface area contributed by atoms with Gasteiger partial charge in [-0.2, -0.15) is 0 Å². The summed E-state index contributed by atoms with van der Waals surface area (Å²) in [6, 6.07) is 194. The largest absolute Gasteiger partial charge is 0.456 e. The van der Waals surface area contributed by atoms with Crippen molar-refractivity contribution in [1.82, 2.24) is 0 Å². The molecule has 0 radical (unpaired) electrons. The van der Waals surface area contributed by atoms with E-state index in [4.69, 9.17) is 13.3 Å². The van der Waals surface area contributed by atoms with Crippen LogP contribution in [0.5, 0.6) is 0 Å². The molecule has 0 N–H and O–H groups in total. The smallest absolute Gasteiger partial charge is 0.135 e. The minimum Gasteiger partial charge on any atom is -0.456 e. The lowest BCUT2D eigenvalue weighted by molar-refractivity contribution is 0.668. The molecule has 0 aliphatic heterocycles. The molecule has 0 bridgehead atoms. The number of para-hydroxylation sites is 3. The Morgan fingerprint density at radius 3 is 0.639 bits per heavy atom. The lowest BCUT2D eigenvalue weighted by Crippen LogP contribution is -1.92. The van der Waals surface area contributed by atoms with Gasteiger partial charge in [0.1, 0.15) is 33.5 Å². The van der Waals surface area contributed by atoms with E-state index in [1.165, 1.54) is 231 Å². The number of benzene rings is 26. The fraction of sp³-hybridized carbons (Fsp3) is 0.0139. The van der Waals surface area contributed by atoms with Gasteiger partial charge < -0.3 is 13.3 Å². The van der Waals surface area contributed by atoms with Crippen molar-refractivity contribution in [2.24, 2.45) is 0 Å². The highest BCUT2D eigenvalue weighted by Gasteiger charge is 2.25. The van der Waals surface area contributed by atoms with Crippen molar-refractivity contribution < 1.29 is 13.3 Å². The van der Waals surface area contributed by atoms with Crippen molar-refractivity contribution in [3.05, 3.63) is 545 Å². The monoisotopic (exact) mass is 1870 g/mol. The Bertz CT molecular complexity index is 10200. The predicted molar refractivity (Wildman–Crippen MR) is 624 cm³/mol. The lowest BCUT2D eigenvalue weighted by atomic mass is 9.84. The maximum Gasteiger partial charge on any atom is 0.135 e. The molecule has 147 heavy (non-hydrogen) atoms. The van der Waals surface area contributed by atoms with Crippen LogP contribution >= 0.6 is 0 Å². The first-order valence-electron chi connectivity index (χ1n) is 50.6. The number of hydrogen-bond donors (Lipinski definition) is 0. The summed E-state index contributed by atoms with van der Waals surface area (Å²) in [7, 11) is 0. The van der Waals surface area contributed by atoms with Gasteiger partial charge in [0, 0.05) is 32.3 Å². The van der Waals surface area contributed by atoms with Crippen LogP contribution in [0, 0.1) is 13.8 Å². The molecule has 0 saturated heterocycles. The van der Waals surface area contributed by atoms with Gasteiger partial charge in [0.2, 0.25) is 0 Å². The average Bonchev–Trinajstić information content (AvgIpc) is 1.59. The van der Waals surface area contributed by atoms with Crippen LogP contribution in [0.15, 0.2) is 547 Å². The van der Waals surface area contributed by atoms with Crippen LogP contribution in [0.4, 0.5) is 0 Å². The molecule has 688 valence electrons. The van der Waals surface area contributed by atoms with Crippen molar-refractivity contribution in [3.63, 3.8) is 0 Å². The Hall–Kier alpha value is -19.1. The van der Waals surface area contributed by atoms with Gasteiger partial charge in [-0.05, 0) is 337 Å². The first-order chi connectivity index (χ1) is 72.7. The SMILES string of the molecule is Cc1ccc(-c2c3ccccc3c(-c3ccc(C)cc3)c3cc(-c4cccc(-c5ccc6oc7ccccc7c6c5)c4)ccc23)cc1.c1ccc(-c2c3ccccc3c(-c3ccc4ccccc4c3)c3ccc(-c4cccc(-c5ccc6oc7ccccc7c6c5)c4)cc23)cc1.c1ccc(-c2cccc(-c3c4ccccc4c(-c4ccccc4)c4cc(-c5cccc(-c6ccc7oc8ccccc8c7c6)c5)ccc34)c2)cc1. The van der Waals surface area contributed by atoms with E-state index in [2.05, 4.69) is 511 Å². The van der Waals surface area contributed by atoms with Crippen LogP contribution in [-0.2, 0) is 0 Å². The van der Waals surface area contributed by atoms with E-state index in [1.807, 2.05) is 36.4 Å². The Morgan fingerprint density at radius 2 is 0.299 bits per heavy atom. The number of furan rings is 3. The molecule has 3 nitrogen and oxygen atoms in total. The third kappa shape index (κ3) is 15.9. The summed E-state index contributed by atoms with van der Waals surface area (Å²) in [5, 5.41) is 24.5. The summed E-state index contributed by atoms with van der Waals surface area (Å²) in [5.41, 5.74) is 39.7. The van der Waals surface area contributed by atoms with E-state index in [1.54, 1.807) is 0 Å². The molecule has 29 aromatic rings. The third-order valence-corrected chi connectivity index (χ3v) is 29.9. The second-order valence-electron chi connectivity index (χ2n) is 38.8. The molecule has 0 atom stereocenters. The number of aryl methyl sites for hydroxylation is 2. The van der Waals surface area contributed by atoms with Crippen LogP contribution < -0.4 is 0 Å². The fourth-order valence-corrected chi connectivity index (χ4v) is 22.8. The van der Waals surface area contributed by atoms with Gasteiger partial charge in [0.15, 0.2) is 0 Å². The topological polar surface area (TPSA) is 39.4 Å². The minimum absolute atomic E-state index is 0.913. The quantitative estimate of drug-likeness (QED) is 0.108. The molecule has 0 amide bonds. The Balaban J connectivity index is 0.000000109. The highest BCUT2D eigenvalue weighted by Crippen LogP contribution is 2.52. The van der Waals surface area contributed by atoms with E-state index in [9.17, 15) is 0 Å². The molecular formula is C144H94O3. The zero-order valence-corrected chi connectivity index (χ0v) is 81.0. The Kier molecular flexibility index (Phi) is 21.8. The van der Waals surface area contributed by atoms with Gasteiger partial charge in [-0.15, -0.1) is 0 Å². The van der Waals surface area contributed by atoms with Gasteiger partial charge in [0.05, 0.1) is 0 Å². The second-order valence-corrected chi connectivity index (χ2v) is 38.8. The van der Waals surface area contributed by atoms with Crippen molar-refractivity contribution in [2.75, 3.05) is 0 Å². The third-order valence-electron chi connectivity index (χ3n) is 29.9. The second kappa shape index (κ2) is 36.8. The zero-order valence-electron chi connectivity index (χ0n) is 81.0. The molecule has 0 saturated carbocycles. The standard InChI is InChI=1S/C50H32O.C48H30O.C46H32O/c1-3-13-33(14-4-1)35-17-12-20-40(30-35)50-43-23-8-7-22-42(43)49(34-15-5-2-6-16-34)46-32-38(25-27-44(46)50)36-18-11-19-37(29-36)39-26-28-48-45(31-39)41-21-9-10-24-47(41)51-48;1-2-12-32(13-3-1)47-40-18-6-7-19-41(40)48(38-22-21-31-11-4-5-14-33(31)28-38)42-25-23-36(30-44(42)47)34-15-10-16-35(27-34)37-24-26-46-43(29-37)39-17-8-9-20-45(39)49-46;1-29-14-18-31(19-15-29)45-38-11-3-4-12-39(38)46(32-20-16-30(2)17-21-32)42-28-35(22-24-40(42)45)33-8-7-9-34(26-33)36-23-25-44-41(27-36)37-10-5-6-13-43(37)47-44/h1-32H;1-30H;3-28H,1-2H3. The Labute approximate surface area is 851 Å². The average molecular weight is 1870 g/mol. The van der Waals surface area contributed by atoms with Gasteiger partial charge in [-0.3, -0.25) is 0 Å². The molecule has 3 heterocycles. The van der Waals surface area contributed by atoms with Crippen LogP contribution in [0.3, 0.4) is 0 Å². The van der Waals surface area contributed by atoms with Crippen LogP contribution in [0.1, 0.15) is 11.1 Å². The summed E-state index contributed by atoms with van der Waals surface area (Å²) < 4.78 is 18.4. The summed E-state index contributed by atoms with van der Waals surface area (Å²) in [5.74, 6) is 0. The van der Waals surface area contributed by atoms with E-state index in [0.29, 0.717) is 0 Å². The highest BCUT2D eigenvalue weighted by molar-refractivity contribution is 6.26. The molecule has 0 unspecified atom stereocenters. The summed E-state index contributed by atoms with van der Waals surface area (Å²) >= 11 is 0. The van der Waals surface area contributed by atoms with Crippen molar-refractivity contribution in [1.29, 1.82) is 0 Å². The number of hydrogen-bond acceptors (Lipinski definition) is 3. The Morgan fingerprint density at radius 1 is 0.102 bits per heavy atom. The van der Waals surface area contributed by atoms with Gasteiger partial charge in [-0.25, -0.2) is 0 Å². The maximum absolute atomic E-state index is 6.13. The molecule has 0 aliphatic rings. The van der Waals surface area contributed by atoms with E-state index in [-0.39, 0.29) is 0 Å². The van der Waals surface area contributed by atoms with E-state index >= 15 is 0 Å². The van der Waals surface area contributed by atoms with Gasteiger partial charge >= 0.3 is 0 Å². The van der Waals surface area contributed by atoms with Gasteiger partial charge in [-0.1, -0.05) is 442 Å². The first kappa shape index (κ1) is 87.0. The van der Waals surface area contributed by atoms with Crippen LogP contribution in [-0.4, -0.2) is 0 Å². The lowest BCUT2D eigenvalue weighted by Gasteiger charge is -2.19. The van der Waals surface area contributed by atoms with Crippen LogP contribution in [0.2, 0.25) is 0 Å². The summed E-state index contributed by atoms with van der Waals surface area (Å²) in [6.45, 7) is 4.30.